The van der Waals surface area contributed by atoms with Gasteiger partial charge >= 0.3 is 5.97 Å². The molecule has 1 aromatic rings. The summed E-state index contributed by atoms with van der Waals surface area (Å²) in [5, 5.41) is 0. The third kappa shape index (κ3) is 3.08. The van der Waals surface area contributed by atoms with Crippen LogP contribution in [0.25, 0.3) is 0 Å². The average molecular weight is 270 g/mol. The van der Waals surface area contributed by atoms with Crippen LogP contribution in [0.4, 0.5) is 0 Å². The topological polar surface area (TPSA) is 69.7 Å². The SMILES string of the molecule is Cc1ccc(S(=O)(=O)OC[C@@H]2COC(=O)C2)cc1. The second-order valence-electron chi connectivity index (χ2n) is 4.30. The van der Waals surface area contributed by atoms with E-state index >= 15 is 0 Å². The van der Waals surface area contributed by atoms with Gasteiger partial charge in [0.15, 0.2) is 0 Å². The number of carbonyl (C=O) groups excluding carboxylic acids is 1. The molecule has 0 saturated carbocycles. The maximum atomic E-state index is 11.8. The van der Waals surface area contributed by atoms with Crippen LogP contribution in [-0.4, -0.2) is 27.6 Å². The molecule has 1 aromatic carbocycles. The van der Waals surface area contributed by atoms with Crippen LogP contribution in [0.5, 0.6) is 0 Å². The molecule has 1 fully saturated rings. The summed E-state index contributed by atoms with van der Waals surface area (Å²) in [6, 6.07) is 6.42. The minimum Gasteiger partial charge on any atom is -0.465 e. The molecule has 1 saturated heterocycles. The lowest BCUT2D eigenvalue weighted by atomic mass is 10.1. The first-order chi connectivity index (χ1) is 8.47. The quantitative estimate of drug-likeness (QED) is 0.608. The van der Waals surface area contributed by atoms with Gasteiger partial charge in [0.2, 0.25) is 0 Å². The Morgan fingerprint density at radius 2 is 2.00 bits per heavy atom. The van der Waals surface area contributed by atoms with E-state index in [0.717, 1.165) is 5.56 Å². The molecule has 2 rings (SSSR count). The Morgan fingerprint density at radius 1 is 1.33 bits per heavy atom. The maximum absolute atomic E-state index is 11.8. The first-order valence-electron chi connectivity index (χ1n) is 5.59. The molecule has 6 heteroatoms. The zero-order chi connectivity index (χ0) is 13.2. The van der Waals surface area contributed by atoms with E-state index < -0.39 is 10.1 Å². The molecule has 0 bridgehead atoms. The number of ether oxygens (including phenoxy) is 1. The highest BCUT2D eigenvalue weighted by Gasteiger charge is 2.26. The smallest absolute Gasteiger partial charge is 0.306 e. The lowest BCUT2D eigenvalue weighted by Gasteiger charge is -2.08. The summed E-state index contributed by atoms with van der Waals surface area (Å²) in [6.45, 7) is 2.07. The van der Waals surface area contributed by atoms with E-state index in [4.69, 9.17) is 8.92 Å². The zero-order valence-corrected chi connectivity index (χ0v) is 10.8. The van der Waals surface area contributed by atoms with Crippen LogP contribution in [0.15, 0.2) is 29.2 Å². The number of aryl methyl sites for hydroxylation is 1. The molecular weight excluding hydrogens is 256 g/mol. The molecule has 18 heavy (non-hydrogen) atoms. The normalized spacial score (nSPS) is 19.8. The Morgan fingerprint density at radius 3 is 2.56 bits per heavy atom. The van der Waals surface area contributed by atoms with Crippen LogP contribution in [0.3, 0.4) is 0 Å². The lowest BCUT2D eigenvalue weighted by molar-refractivity contribution is -0.137. The first kappa shape index (κ1) is 13.0. The predicted octanol–water partition coefficient (Wildman–Crippen LogP) is 1.26. The monoisotopic (exact) mass is 270 g/mol. The predicted molar refractivity (Wildman–Crippen MR) is 63.4 cm³/mol. The number of carbonyl (C=O) groups is 1. The summed E-state index contributed by atoms with van der Waals surface area (Å²) in [6.07, 6.45) is 0.212. The summed E-state index contributed by atoms with van der Waals surface area (Å²) in [7, 11) is -3.75. The van der Waals surface area contributed by atoms with Gasteiger partial charge in [-0.15, -0.1) is 0 Å². The highest BCUT2D eigenvalue weighted by molar-refractivity contribution is 7.86. The van der Waals surface area contributed by atoms with Gasteiger partial charge in [0.25, 0.3) is 10.1 Å². The van der Waals surface area contributed by atoms with Crippen LogP contribution >= 0.6 is 0 Å². The number of esters is 1. The molecule has 0 spiro atoms. The summed E-state index contributed by atoms with van der Waals surface area (Å²) < 4.78 is 33.3. The van der Waals surface area contributed by atoms with Crippen molar-refractivity contribution in [3.05, 3.63) is 29.8 Å². The number of benzene rings is 1. The van der Waals surface area contributed by atoms with Crippen LogP contribution in [0, 0.1) is 12.8 Å². The fraction of sp³-hybridized carbons (Fsp3) is 0.417. The van der Waals surface area contributed by atoms with Crippen molar-refractivity contribution in [1.29, 1.82) is 0 Å². The minimum absolute atomic E-state index is 0.0258. The number of hydrogen-bond donors (Lipinski definition) is 0. The molecule has 0 aromatic heterocycles. The van der Waals surface area contributed by atoms with Gasteiger partial charge in [-0.3, -0.25) is 8.98 Å². The van der Waals surface area contributed by atoms with Crippen LogP contribution in [0.2, 0.25) is 0 Å². The Hall–Kier alpha value is -1.40. The Bertz CT molecular complexity index is 532. The van der Waals surface area contributed by atoms with Gasteiger partial charge < -0.3 is 4.74 Å². The second kappa shape index (κ2) is 5.07. The molecule has 0 unspecified atom stereocenters. The third-order valence-corrected chi connectivity index (χ3v) is 4.00. The van der Waals surface area contributed by atoms with Crippen LogP contribution in [0.1, 0.15) is 12.0 Å². The van der Waals surface area contributed by atoms with E-state index in [2.05, 4.69) is 0 Å². The van der Waals surface area contributed by atoms with Gasteiger partial charge in [-0.25, -0.2) is 0 Å². The molecule has 98 valence electrons. The maximum Gasteiger partial charge on any atom is 0.306 e. The number of cyclic esters (lactones) is 1. The van der Waals surface area contributed by atoms with Gasteiger partial charge in [0.05, 0.1) is 24.5 Å². The van der Waals surface area contributed by atoms with Gasteiger partial charge in [-0.05, 0) is 19.1 Å². The third-order valence-electron chi connectivity index (χ3n) is 2.70. The molecule has 1 heterocycles. The highest BCUT2D eigenvalue weighted by Crippen LogP contribution is 2.18. The number of rotatable bonds is 4. The molecule has 1 aliphatic heterocycles. The van der Waals surface area contributed by atoms with Crippen molar-refractivity contribution in [2.45, 2.75) is 18.2 Å². The van der Waals surface area contributed by atoms with Gasteiger partial charge in [0.1, 0.15) is 0 Å². The summed E-state index contributed by atoms with van der Waals surface area (Å²) in [5.41, 5.74) is 0.976. The summed E-state index contributed by atoms with van der Waals surface area (Å²) >= 11 is 0. The van der Waals surface area contributed by atoms with Gasteiger partial charge in [0, 0.05) is 5.92 Å². The fourth-order valence-corrected chi connectivity index (χ4v) is 2.61. The van der Waals surface area contributed by atoms with Crippen molar-refractivity contribution >= 4 is 16.1 Å². The molecule has 1 atom stereocenters. The molecule has 0 aliphatic carbocycles. The van der Waals surface area contributed by atoms with Gasteiger partial charge in [-0.1, -0.05) is 17.7 Å². The molecule has 0 N–H and O–H groups in total. The number of hydrogen-bond acceptors (Lipinski definition) is 5. The Labute approximate surface area is 106 Å². The Kier molecular flexibility index (Phi) is 3.68. The van der Waals surface area contributed by atoms with E-state index in [-0.39, 0.29) is 36.4 Å². The van der Waals surface area contributed by atoms with Crippen molar-refractivity contribution in [3.8, 4) is 0 Å². The first-order valence-corrected chi connectivity index (χ1v) is 7.00. The second-order valence-corrected chi connectivity index (χ2v) is 5.92. The van der Waals surface area contributed by atoms with E-state index in [0.29, 0.717) is 0 Å². The van der Waals surface area contributed by atoms with Crippen molar-refractivity contribution in [1.82, 2.24) is 0 Å². The van der Waals surface area contributed by atoms with Crippen molar-refractivity contribution in [2.75, 3.05) is 13.2 Å². The van der Waals surface area contributed by atoms with E-state index in [1.165, 1.54) is 12.1 Å². The van der Waals surface area contributed by atoms with Crippen molar-refractivity contribution in [2.24, 2.45) is 5.92 Å². The van der Waals surface area contributed by atoms with Crippen molar-refractivity contribution < 1.29 is 22.1 Å². The lowest BCUT2D eigenvalue weighted by Crippen LogP contribution is -2.15. The molecule has 0 radical (unpaired) electrons. The van der Waals surface area contributed by atoms with Gasteiger partial charge in [-0.2, -0.15) is 8.42 Å². The largest absolute Gasteiger partial charge is 0.465 e. The van der Waals surface area contributed by atoms with Crippen LogP contribution < -0.4 is 0 Å². The molecule has 1 aliphatic rings. The minimum atomic E-state index is -3.75. The van der Waals surface area contributed by atoms with E-state index in [9.17, 15) is 13.2 Å². The van der Waals surface area contributed by atoms with Crippen LogP contribution in [-0.2, 0) is 23.8 Å². The Balaban J connectivity index is 1.99. The standard InChI is InChI=1S/C12H14O5S/c1-9-2-4-11(5-3-9)18(14,15)17-8-10-6-12(13)16-7-10/h2-5,10H,6-8H2,1H3/t10-/m0/s1. The average Bonchev–Trinajstić information content (AvgIpc) is 2.73. The zero-order valence-electron chi connectivity index (χ0n) is 9.96. The molecule has 5 nitrogen and oxygen atoms in total. The molecule has 0 amide bonds. The van der Waals surface area contributed by atoms with E-state index in [1.54, 1.807) is 12.1 Å². The van der Waals surface area contributed by atoms with E-state index in [1.807, 2.05) is 6.92 Å². The summed E-state index contributed by atoms with van der Waals surface area (Å²) in [5.74, 6) is -0.492. The highest BCUT2D eigenvalue weighted by atomic mass is 32.2. The fourth-order valence-electron chi connectivity index (χ4n) is 1.63. The summed E-state index contributed by atoms with van der Waals surface area (Å²) in [4.78, 5) is 11.0. The van der Waals surface area contributed by atoms with Crippen molar-refractivity contribution in [3.63, 3.8) is 0 Å². The molecular formula is C12H14O5S.